The van der Waals surface area contributed by atoms with Crippen LogP contribution in [0.25, 0.3) is 0 Å². The number of fused-ring (bicyclic) bond motifs is 1. The first-order valence-electron chi connectivity index (χ1n) is 6.66. The number of hydrogen-bond donors (Lipinski definition) is 0. The summed E-state index contributed by atoms with van der Waals surface area (Å²) in [4.78, 5) is 25.7. The minimum absolute atomic E-state index is 0.0614. The van der Waals surface area contributed by atoms with Crippen molar-refractivity contribution in [1.29, 1.82) is 0 Å². The van der Waals surface area contributed by atoms with E-state index in [1.807, 2.05) is 30.9 Å². The first-order chi connectivity index (χ1) is 9.56. The number of rotatable bonds is 0. The fourth-order valence-electron chi connectivity index (χ4n) is 2.74. The fourth-order valence-corrected chi connectivity index (χ4v) is 2.74. The van der Waals surface area contributed by atoms with Crippen LogP contribution >= 0.6 is 0 Å². The summed E-state index contributed by atoms with van der Waals surface area (Å²) in [6.07, 6.45) is 0.123. The van der Waals surface area contributed by atoms with E-state index >= 15 is 0 Å². The molecule has 104 valence electrons. The molecule has 1 aromatic rings. The number of carbonyl (C=O) groups is 1. The molecular weight excluding hydrogens is 258 g/mol. The van der Waals surface area contributed by atoms with Gasteiger partial charge in [-0.2, -0.15) is 0 Å². The number of hydrogen-bond acceptors (Lipinski definition) is 4. The van der Waals surface area contributed by atoms with E-state index in [0.29, 0.717) is 30.1 Å². The molecule has 0 radical (unpaired) electrons. The molecule has 3 rings (SSSR count). The van der Waals surface area contributed by atoms with Gasteiger partial charge in [0.25, 0.3) is 0 Å². The van der Waals surface area contributed by atoms with Crippen molar-refractivity contribution >= 4 is 11.7 Å². The third-order valence-corrected chi connectivity index (χ3v) is 3.48. The topological polar surface area (TPSA) is 62.0 Å². The molecule has 1 fully saturated rings. The van der Waals surface area contributed by atoms with Crippen LogP contribution in [0, 0.1) is 4.91 Å². The van der Waals surface area contributed by atoms with Crippen molar-refractivity contribution in [3.63, 3.8) is 0 Å². The van der Waals surface area contributed by atoms with Crippen LogP contribution in [-0.4, -0.2) is 46.8 Å². The Balaban J connectivity index is 2.02. The summed E-state index contributed by atoms with van der Waals surface area (Å²) in [7, 11) is 0. The van der Waals surface area contributed by atoms with Crippen LogP contribution < -0.4 is 0 Å². The van der Waals surface area contributed by atoms with E-state index in [-0.39, 0.29) is 17.1 Å². The highest BCUT2D eigenvalue weighted by atomic mass is 16.5. The van der Waals surface area contributed by atoms with Gasteiger partial charge < -0.3 is 9.64 Å². The first kappa shape index (κ1) is 12.9. The van der Waals surface area contributed by atoms with E-state index in [4.69, 9.17) is 4.74 Å². The summed E-state index contributed by atoms with van der Waals surface area (Å²) in [6, 6.07) is 7.07. The Bertz CT molecular complexity index is 601. The van der Waals surface area contributed by atoms with Crippen molar-refractivity contribution in [1.82, 2.24) is 4.90 Å². The summed E-state index contributed by atoms with van der Waals surface area (Å²) in [5, 5.41) is 3.91. The van der Waals surface area contributed by atoms with Crippen molar-refractivity contribution in [2.45, 2.75) is 26.1 Å². The monoisotopic (exact) mass is 274 g/mol. The van der Waals surface area contributed by atoms with Crippen LogP contribution in [0.1, 0.15) is 29.8 Å². The standard InChI is InChI=1S/C14H16N3O3/c1-9-7-16(8-10(2)20-9)13-11-5-3-4-6-12(11)14(18)17(19)15-13/h3-6,9-10H,7-8H2,1-2H3/q+1/t9-,10+. The molecule has 6 heteroatoms. The number of morpholine rings is 1. The molecule has 0 bridgehead atoms. The molecule has 1 aromatic carbocycles. The smallest absolute Gasteiger partial charge is 0.372 e. The van der Waals surface area contributed by atoms with Crippen LogP contribution in [-0.2, 0) is 4.74 Å². The van der Waals surface area contributed by atoms with Crippen LogP contribution in [0.15, 0.2) is 29.4 Å². The third-order valence-electron chi connectivity index (χ3n) is 3.48. The summed E-state index contributed by atoms with van der Waals surface area (Å²) in [5.74, 6) is -0.0593. The zero-order chi connectivity index (χ0) is 14.3. The predicted molar refractivity (Wildman–Crippen MR) is 72.5 cm³/mol. The lowest BCUT2D eigenvalue weighted by Crippen LogP contribution is -2.50. The molecule has 6 nitrogen and oxygen atoms in total. The minimum atomic E-state index is -0.612. The summed E-state index contributed by atoms with van der Waals surface area (Å²) < 4.78 is 5.69. The second kappa shape index (κ2) is 4.79. The van der Waals surface area contributed by atoms with Gasteiger partial charge in [-0.15, -0.1) is 0 Å². The van der Waals surface area contributed by atoms with Crippen LogP contribution in [0.2, 0.25) is 0 Å². The molecule has 20 heavy (non-hydrogen) atoms. The van der Waals surface area contributed by atoms with Gasteiger partial charge in [-0.05, 0) is 19.9 Å². The molecule has 0 N–H and O–H groups in total. The van der Waals surface area contributed by atoms with Crippen molar-refractivity contribution in [3.8, 4) is 0 Å². The van der Waals surface area contributed by atoms with Gasteiger partial charge in [-0.25, -0.2) is 4.79 Å². The number of amides is 1. The maximum absolute atomic E-state index is 11.8. The Morgan fingerprint density at radius 1 is 1.20 bits per heavy atom. The second-order valence-electron chi connectivity index (χ2n) is 5.21. The van der Waals surface area contributed by atoms with Gasteiger partial charge >= 0.3 is 5.91 Å². The molecule has 2 aliphatic heterocycles. The van der Waals surface area contributed by atoms with E-state index in [2.05, 4.69) is 5.10 Å². The minimum Gasteiger partial charge on any atom is -0.372 e. The van der Waals surface area contributed by atoms with Crippen molar-refractivity contribution in [2.24, 2.45) is 5.10 Å². The van der Waals surface area contributed by atoms with E-state index in [1.54, 1.807) is 12.1 Å². The maximum Gasteiger partial charge on any atom is 0.501 e. The van der Waals surface area contributed by atoms with Crippen molar-refractivity contribution < 1.29 is 14.4 Å². The Kier molecular flexibility index (Phi) is 3.10. The molecule has 0 aromatic heterocycles. The highest BCUT2D eigenvalue weighted by Gasteiger charge is 2.39. The van der Waals surface area contributed by atoms with Gasteiger partial charge in [0, 0.05) is 18.7 Å². The van der Waals surface area contributed by atoms with Gasteiger partial charge in [-0.3, -0.25) is 0 Å². The molecule has 1 saturated heterocycles. The van der Waals surface area contributed by atoms with Crippen molar-refractivity contribution in [3.05, 3.63) is 40.3 Å². The zero-order valence-electron chi connectivity index (χ0n) is 11.4. The molecule has 2 atom stereocenters. The van der Waals surface area contributed by atoms with Gasteiger partial charge in [0.05, 0.1) is 22.2 Å². The Labute approximate surface area is 116 Å². The highest BCUT2D eigenvalue weighted by Crippen LogP contribution is 2.21. The summed E-state index contributed by atoms with van der Waals surface area (Å²) >= 11 is 0. The molecule has 2 heterocycles. The molecule has 0 spiro atoms. The van der Waals surface area contributed by atoms with Crippen LogP contribution in [0.3, 0.4) is 0 Å². The largest absolute Gasteiger partial charge is 0.501 e. The highest BCUT2D eigenvalue weighted by molar-refractivity contribution is 6.09. The van der Waals surface area contributed by atoms with Gasteiger partial charge in [-0.1, -0.05) is 18.2 Å². The number of benzene rings is 1. The molecule has 1 amide bonds. The average Bonchev–Trinajstić information content (AvgIpc) is 2.42. The van der Waals surface area contributed by atoms with Gasteiger partial charge in [0.15, 0.2) is 0 Å². The number of nitroso groups, excluding NO2 is 1. The lowest BCUT2D eigenvalue weighted by Gasteiger charge is -2.36. The lowest BCUT2D eigenvalue weighted by molar-refractivity contribution is -0.456. The molecular formula is C14H16N3O3+. The SMILES string of the molecule is C[C@@H]1CN(C2=N[N+](=O)C(=O)c3ccccc32)C[C@H](C)O1. The third kappa shape index (κ3) is 2.12. The zero-order valence-corrected chi connectivity index (χ0v) is 11.4. The van der Waals surface area contributed by atoms with E-state index in [1.165, 1.54) is 0 Å². The van der Waals surface area contributed by atoms with Crippen LogP contribution in [0.5, 0.6) is 0 Å². The van der Waals surface area contributed by atoms with E-state index in [0.717, 1.165) is 0 Å². The molecule has 2 aliphatic rings. The van der Waals surface area contributed by atoms with E-state index < -0.39 is 5.91 Å². The summed E-state index contributed by atoms with van der Waals surface area (Å²) in [5.41, 5.74) is 1.12. The number of hydrazone groups is 1. The Morgan fingerprint density at radius 2 is 1.80 bits per heavy atom. The lowest BCUT2D eigenvalue weighted by atomic mass is 10.0. The molecule has 0 aliphatic carbocycles. The Hall–Kier alpha value is -2.08. The van der Waals surface area contributed by atoms with E-state index in [9.17, 15) is 9.70 Å². The molecule has 0 unspecified atom stereocenters. The van der Waals surface area contributed by atoms with Gasteiger partial charge in [0.1, 0.15) is 5.56 Å². The fraction of sp³-hybridized carbons (Fsp3) is 0.429. The maximum atomic E-state index is 11.8. The number of nitrogens with zero attached hydrogens (tertiary/aromatic N) is 3. The van der Waals surface area contributed by atoms with Gasteiger partial charge in [0.2, 0.25) is 10.7 Å². The first-order valence-corrected chi connectivity index (χ1v) is 6.66. The quantitative estimate of drug-likeness (QED) is 0.671. The van der Waals surface area contributed by atoms with Crippen molar-refractivity contribution in [2.75, 3.05) is 13.1 Å². The van der Waals surface area contributed by atoms with Crippen LogP contribution in [0.4, 0.5) is 0 Å². The Morgan fingerprint density at radius 3 is 2.45 bits per heavy atom. The second-order valence-corrected chi connectivity index (χ2v) is 5.21. The predicted octanol–water partition coefficient (Wildman–Crippen LogP) is 1.39. The number of carbonyl (C=O) groups excluding carboxylic acids is 1. The number of ether oxygens (including phenoxy) is 1. The molecule has 0 saturated carbocycles. The normalized spacial score (nSPS) is 26.3. The average molecular weight is 274 g/mol. The number of amidine groups is 1. The summed E-state index contributed by atoms with van der Waals surface area (Å²) in [6.45, 7) is 5.27.